The minimum atomic E-state index is 0.0157. The third kappa shape index (κ3) is 2.79. The van der Waals surface area contributed by atoms with Gasteiger partial charge >= 0.3 is 0 Å². The summed E-state index contributed by atoms with van der Waals surface area (Å²) in [6.07, 6.45) is 5.01. The van der Waals surface area contributed by atoms with Crippen LogP contribution in [-0.2, 0) is 6.54 Å². The smallest absolute Gasteiger partial charge is 0.106 e. The van der Waals surface area contributed by atoms with Gasteiger partial charge in [-0.1, -0.05) is 55.0 Å². The summed E-state index contributed by atoms with van der Waals surface area (Å²) in [5.74, 6) is 1.28. The molecule has 2 aromatic carbocycles. The Hall–Kier alpha value is -2.06. The van der Waals surface area contributed by atoms with Crippen molar-refractivity contribution in [1.82, 2.24) is 0 Å². The topological polar surface area (TPSA) is 29.3 Å². The summed E-state index contributed by atoms with van der Waals surface area (Å²) in [5.41, 5.74) is 14.9. The van der Waals surface area contributed by atoms with Gasteiger partial charge < -0.3 is 10.6 Å². The molecule has 1 aliphatic carbocycles. The highest BCUT2D eigenvalue weighted by molar-refractivity contribution is 5.70. The number of hydrogen-bond acceptors (Lipinski definition) is 2. The first-order chi connectivity index (χ1) is 12.1. The van der Waals surface area contributed by atoms with Crippen LogP contribution in [0.3, 0.4) is 0 Å². The lowest BCUT2D eigenvalue weighted by molar-refractivity contribution is 0.520. The van der Waals surface area contributed by atoms with Crippen molar-refractivity contribution in [3.63, 3.8) is 0 Å². The van der Waals surface area contributed by atoms with E-state index >= 15 is 0 Å². The lowest BCUT2D eigenvalue weighted by Crippen LogP contribution is -2.44. The summed E-state index contributed by atoms with van der Waals surface area (Å²) in [7, 11) is 0. The standard InChI is InChI=1S/C23H28N2/c1-15-9-10-19(16(2)13-15)20-11-12-21-22(17(20)3)23(24)25(21)14-18-7-5-4-6-8-18/h4-8,11-13,15,19,23H,9-10,14,24H2,1-3H3. The molecule has 4 rings (SSSR count). The highest BCUT2D eigenvalue weighted by atomic mass is 15.3. The molecule has 2 aliphatic rings. The first kappa shape index (κ1) is 16.4. The maximum Gasteiger partial charge on any atom is 0.106 e. The maximum atomic E-state index is 6.55. The zero-order chi connectivity index (χ0) is 17.6. The predicted molar refractivity (Wildman–Crippen MR) is 106 cm³/mol. The SMILES string of the molecule is CC1=CC(C)CCC1c1ccc2c(c1C)C(N)N2Cc1ccccc1. The minimum absolute atomic E-state index is 0.0157. The van der Waals surface area contributed by atoms with Gasteiger partial charge in [-0.25, -0.2) is 0 Å². The summed E-state index contributed by atoms with van der Waals surface area (Å²) < 4.78 is 0. The molecular weight excluding hydrogens is 304 g/mol. The van der Waals surface area contributed by atoms with Crippen LogP contribution in [0.4, 0.5) is 5.69 Å². The van der Waals surface area contributed by atoms with Crippen LogP contribution in [-0.4, -0.2) is 0 Å². The minimum Gasteiger partial charge on any atom is -0.347 e. The van der Waals surface area contributed by atoms with E-state index in [0.29, 0.717) is 11.8 Å². The van der Waals surface area contributed by atoms with E-state index in [1.54, 1.807) is 0 Å². The Morgan fingerprint density at radius 2 is 1.80 bits per heavy atom. The van der Waals surface area contributed by atoms with Crippen LogP contribution in [0.15, 0.2) is 54.1 Å². The monoisotopic (exact) mass is 332 g/mol. The van der Waals surface area contributed by atoms with Crippen molar-refractivity contribution in [2.24, 2.45) is 11.7 Å². The molecule has 3 atom stereocenters. The van der Waals surface area contributed by atoms with Crippen LogP contribution < -0.4 is 10.6 Å². The highest BCUT2D eigenvalue weighted by Gasteiger charge is 2.35. The third-order valence-electron chi connectivity index (χ3n) is 6.05. The van der Waals surface area contributed by atoms with Crippen LogP contribution in [0.1, 0.15) is 61.0 Å². The van der Waals surface area contributed by atoms with Gasteiger partial charge in [0, 0.05) is 23.7 Å². The number of fused-ring (bicyclic) bond motifs is 1. The molecule has 2 nitrogen and oxygen atoms in total. The second-order valence-electron chi connectivity index (χ2n) is 7.79. The van der Waals surface area contributed by atoms with Crippen LogP contribution >= 0.6 is 0 Å². The zero-order valence-corrected chi connectivity index (χ0v) is 15.5. The van der Waals surface area contributed by atoms with E-state index < -0.39 is 0 Å². The second-order valence-corrected chi connectivity index (χ2v) is 7.79. The normalized spacial score (nSPS) is 25.2. The van der Waals surface area contributed by atoms with Crippen molar-refractivity contribution < 1.29 is 0 Å². The molecule has 0 bridgehead atoms. The van der Waals surface area contributed by atoms with Crippen molar-refractivity contribution in [2.75, 3.05) is 4.90 Å². The maximum absolute atomic E-state index is 6.55. The van der Waals surface area contributed by atoms with Gasteiger partial charge in [-0.3, -0.25) is 0 Å². The van der Waals surface area contributed by atoms with Gasteiger partial charge in [0.15, 0.2) is 0 Å². The molecule has 2 N–H and O–H groups in total. The zero-order valence-electron chi connectivity index (χ0n) is 15.5. The molecule has 0 spiro atoms. The Morgan fingerprint density at radius 3 is 2.52 bits per heavy atom. The van der Waals surface area contributed by atoms with Gasteiger partial charge in [-0.15, -0.1) is 0 Å². The summed E-state index contributed by atoms with van der Waals surface area (Å²) >= 11 is 0. The van der Waals surface area contributed by atoms with E-state index in [-0.39, 0.29) is 6.17 Å². The first-order valence-electron chi connectivity index (χ1n) is 9.44. The summed E-state index contributed by atoms with van der Waals surface area (Å²) in [4.78, 5) is 2.31. The fourth-order valence-electron chi connectivity index (χ4n) is 4.64. The molecule has 2 heteroatoms. The average molecular weight is 332 g/mol. The fraction of sp³-hybridized carbons (Fsp3) is 0.391. The number of allylic oxidation sites excluding steroid dienone is 2. The van der Waals surface area contributed by atoms with Gasteiger partial charge in [0.05, 0.1) is 0 Å². The van der Waals surface area contributed by atoms with Gasteiger partial charge in [-0.05, 0) is 55.4 Å². The number of rotatable bonds is 3. The molecular formula is C23H28N2. The van der Waals surface area contributed by atoms with Gasteiger partial charge in [0.1, 0.15) is 6.17 Å². The van der Waals surface area contributed by atoms with E-state index in [0.717, 1.165) is 6.54 Å². The largest absolute Gasteiger partial charge is 0.347 e. The highest BCUT2D eigenvalue weighted by Crippen LogP contribution is 2.47. The first-order valence-corrected chi connectivity index (χ1v) is 9.44. The Balaban J connectivity index is 1.63. The van der Waals surface area contributed by atoms with Crippen LogP contribution in [0, 0.1) is 12.8 Å². The molecule has 2 aromatic rings. The predicted octanol–water partition coefficient (Wildman–Crippen LogP) is 5.43. The van der Waals surface area contributed by atoms with Crippen LogP contribution in [0.5, 0.6) is 0 Å². The lowest BCUT2D eigenvalue weighted by atomic mass is 9.76. The Bertz CT molecular complexity index is 806. The number of hydrogen-bond donors (Lipinski definition) is 1. The summed E-state index contributed by atoms with van der Waals surface area (Å²) in [6, 6.07) is 15.2. The quantitative estimate of drug-likeness (QED) is 0.759. The lowest BCUT2D eigenvalue weighted by Gasteiger charge is -2.45. The molecule has 0 fully saturated rings. The van der Waals surface area contributed by atoms with Crippen molar-refractivity contribution in [3.05, 3.63) is 76.4 Å². The number of nitrogens with zero attached hydrogens (tertiary/aromatic N) is 1. The van der Waals surface area contributed by atoms with E-state index in [1.807, 2.05) is 0 Å². The molecule has 1 heterocycles. The Labute approximate surface area is 151 Å². The molecule has 0 amide bonds. The summed E-state index contributed by atoms with van der Waals surface area (Å²) in [5, 5.41) is 0. The molecule has 0 saturated carbocycles. The average Bonchev–Trinajstić information content (AvgIpc) is 2.61. The number of benzene rings is 2. The number of anilines is 1. The molecule has 0 radical (unpaired) electrons. The van der Waals surface area contributed by atoms with Crippen molar-refractivity contribution in [2.45, 2.75) is 52.2 Å². The summed E-state index contributed by atoms with van der Waals surface area (Å²) in [6.45, 7) is 7.76. The van der Waals surface area contributed by atoms with E-state index in [4.69, 9.17) is 5.73 Å². The third-order valence-corrected chi connectivity index (χ3v) is 6.05. The molecule has 25 heavy (non-hydrogen) atoms. The van der Waals surface area contributed by atoms with Crippen molar-refractivity contribution >= 4 is 5.69 Å². The van der Waals surface area contributed by atoms with E-state index in [9.17, 15) is 0 Å². The Kier molecular flexibility index (Phi) is 4.16. The van der Waals surface area contributed by atoms with Crippen LogP contribution in [0.25, 0.3) is 0 Å². The fourth-order valence-corrected chi connectivity index (χ4v) is 4.64. The molecule has 130 valence electrons. The molecule has 1 aliphatic heterocycles. The van der Waals surface area contributed by atoms with Gasteiger partial charge in [0.25, 0.3) is 0 Å². The van der Waals surface area contributed by atoms with Gasteiger partial charge in [0.2, 0.25) is 0 Å². The van der Waals surface area contributed by atoms with E-state index in [1.165, 1.54) is 46.4 Å². The van der Waals surface area contributed by atoms with Crippen molar-refractivity contribution in [3.8, 4) is 0 Å². The van der Waals surface area contributed by atoms with Crippen molar-refractivity contribution in [1.29, 1.82) is 0 Å². The molecule has 0 aromatic heterocycles. The van der Waals surface area contributed by atoms with Crippen LogP contribution in [0.2, 0.25) is 0 Å². The second kappa shape index (κ2) is 6.34. The number of nitrogens with two attached hydrogens (primary N) is 1. The molecule has 3 unspecified atom stereocenters. The van der Waals surface area contributed by atoms with Gasteiger partial charge in [-0.2, -0.15) is 0 Å². The Morgan fingerprint density at radius 1 is 1.04 bits per heavy atom. The van der Waals surface area contributed by atoms with E-state index in [2.05, 4.69) is 74.2 Å². The molecule has 0 saturated heterocycles.